The van der Waals surface area contributed by atoms with Crippen molar-refractivity contribution in [3.05, 3.63) is 64.7 Å². The molecule has 0 radical (unpaired) electrons. The third-order valence-corrected chi connectivity index (χ3v) is 5.64. The van der Waals surface area contributed by atoms with Crippen molar-refractivity contribution in [3.63, 3.8) is 0 Å². The van der Waals surface area contributed by atoms with Gasteiger partial charge in [0.25, 0.3) is 5.91 Å². The van der Waals surface area contributed by atoms with Gasteiger partial charge in [0.15, 0.2) is 4.34 Å². The van der Waals surface area contributed by atoms with Crippen LogP contribution in [0, 0.1) is 0 Å². The lowest BCUT2D eigenvalue weighted by atomic mass is 10.2. The highest BCUT2D eigenvalue weighted by atomic mass is 35.5. The van der Waals surface area contributed by atoms with Crippen molar-refractivity contribution in [2.24, 2.45) is 0 Å². The van der Waals surface area contributed by atoms with Crippen LogP contribution in [0.4, 0.5) is 10.8 Å². The first kappa shape index (κ1) is 19.3. The Bertz CT molecular complexity index is 960. The molecule has 1 heterocycles. The van der Waals surface area contributed by atoms with Crippen LogP contribution in [0.1, 0.15) is 22.8 Å². The van der Waals surface area contributed by atoms with Gasteiger partial charge in [-0.25, -0.2) is 0 Å². The molecule has 0 aliphatic heterocycles. The summed E-state index contributed by atoms with van der Waals surface area (Å²) in [4.78, 5) is 23.5. The van der Waals surface area contributed by atoms with Crippen LogP contribution in [-0.2, 0) is 10.5 Å². The van der Waals surface area contributed by atoms with Crippen molar-refractivity contribution in [2.45, 2.75) is 17.0 Å². The van der Waals surface area contributed by atoms with Crippen LogP contribution in [0.2, 0.25) is 5.02 Å². The minimum absolute atomic E-state index is 0.195. The molecule has 0 unspecified atom stereocenters. The lowest BCUT2D eigenvalue weighted by molar-refractivity contribution is -0.114. The molecule has 0 aliphatic carbocycles. The number of thioether (sulfide) groups is 1. The number of anilines is 2. The van der Waals surface area contributed by atoms with Gasteiger partial charge in [-0.3, -0.25) is 14.9 Å². The Labute approximate surface area is 169 Å². The maximum absolute atomic E-state index is 12.4. The number of amides is 2. The molecule has 0 fully saturated rings. The SMILES string of the molecule is CC(=O)Nc1cccc(C(=O)Nc2nnc(SCc3ccc(Cl)cc3)s2)c1. The Kier molecular flexibility index (Phi) is 6.44. The minimum Gasteiger partial charge on any atom is -0.326 e. The van der Waals surface area contributed by atoms with E-state index in [9.17, 15) is 9.59 Å². The van der Waals surface area contributed by atoms with Gasteiger partial charge >= 0.3 is 0 Å². The first-order valence-electron chi connectivity index (χ1n) is 7.89. The van der Waals surface area contributed by atoms with Crippen LogP contribution in [0.15, 0.2) is 52.9 Å². The molecule has 3 aromatic rings. The third kappa shape index (κ3) is 5.78. The first-order valence-corrected chi connectivity index (χ1v) is 10.1. The number of rotatable bonds is 6. The Morgan fingerprint density at radius 2 is 1.89 bits per heavy atom. The Morgan fingerprint density at radius 3 is 2.63 bits per heavy atom. The summed E-state index contributed by atoms with van der Waals surface area (Å²) in [7, 11) is 0. The first-order chi connectivity index (χ1) is 13.0. The van der Waals surface area contributed by atoms with Crippen molar-refractivity contribution < 1.29 is 9.59 Å². The molecular formula is C18H15ClN4O2S2. The average Bonchev–Trinajstić information content (AvgIpc) is 3.08. The molecule has 0 saturated carbocycles. The van der Waals surface area contributed by atoms with E-state index in [0.717, 1.165) is 15.7 Å². The Balaban J connectivity index is 1.59. The number of aromatic nitrogens is 2. The molecule has 9 heteroatoms. The quantitative estimate of drug-likeness (QED) is 0.448. The highest BCUT2D eigenvalue weighted by molar-refractivity contribution is 8.00. The number of benzene rings is 2. The van der Waals surface area contributed by atoms with E-state index in [0.29, 0.717) is 21.4 Å². The summed E-state index contributed by atoms with van der Waals surface area (Å²) >= 11 is 8.72. The lowest BCUT2D eigenvalue weighted by Gasteiger charge is -2.05. The molecule has 27 heavy (non-hydrogen) atoms. The predicted octanol–water partition coefficient (Wildman–Crippen LogP) is 4.69. The van der Waals surface area contributed by atoms with E-state index in [2.05, 4.69) is 20.8 Å². The zero-order chi connectivity index (χ0) is 19.2. The van der Waals surface area contributed by atoms with E-state index in [4.69, 9.17) is 11.6 Å². The molecule has 2 N–H and O–H groups in total. The molecular weight excluding hydrogens is 404 g/mol. The number of carbonyl (C=O) groups is 2. The Morgan fingerprint density at radius 1 is 1.11 bits per heavy atom. The molecule has 0 saturated heterocycles. The summed E-state index contributed by atoms with van der Waals surface area (Å²) < 4.78 is 0.757. The summed E-state index contributed by atoms with van der Waals surface area (Å²) in [6, 6.07) is 14.3. The molecule has 0 atom stereocenters. The fraction of sp³-hybridized carbons (Fsp3) is 0.111. The fourth-order valence-electron chi connectivity index (χ4n) is 2.16. The monoisotopic (exact) mass is 418 g/mol. The van der Waals surface area contributed by atoms with Crippen LogP contribution >= 0.6 is 34.7 Å². The largest absolute Gasteiger partial charge is 0.326 e. The molecule has 6 nitrogen and oxygen atoms in total. The molecule has 2 aromatic carbocycles. The molecule has 138 valence electrons. The van der Waals surface area contributed by atoms with Crippen LogP contribution in [0.5, 0.6) is 0 Å². The second kappa shape index (κ2) is 8.98. The fourth-order valence-corrected chi connectivity index (χ4v) is 3.98. The van der Waals surface area contributed by atoms with Crippen LogP contribution < -0.4 is 10.6 Å². The van der Waals surface area contributed by atoms with E-state index in [1.54, 1.807) is 24.3 Å². The van der Waals surface area contributed by atoms with Gasteiger partial charge < -0.3 is 5.32 Å². The van der Waals surface area contributed by atoms with Crippen molar-refractivity contribution in [2.75, 3.05) is 10.6 Å². The zero-order valence-corrected chi connectivity index (χ0v) is 16.6. The summed E-state index contributed by atoms with van der Waals surface area (Å²) in [5, 5.41) is 14.6. The van der Waals surface area contributed by atoms with Crippen LogP contribution in [0.3, 0.4) is 0 Å². The normalized spacial score (nSPS) is 10.4. The van der Waals surface area contributed by atoms with Gasteiger partial charge in [0.05, 0.1) is 0 Å². The summed E-state index contributed by atoms with van der Waals surface area (Å²) in [6.45, 7) is 1.41. The number of hydrogen-bond acceptors (Lipinski definition) is 6. The molecule has 1 aromatic heterocycles. The van der Waals surface area contributed by atoms with E-state index in [1.807, 2.05) is 24.3 Å². The van der Waals surface area contributed by atoms with Crippen molar-refractivity contribution in [1.82, 2.24) is 10.2 Å². The van der Waals surface area contributed by atoms with E-state index in [-0.39, 0.29) is 11.8 Å². The molecule has 0 bridgehead atoms. The maximum atomic E-state index is 12.4. The summed E-state index contributed by atoms with van der Waals surface area (Å²) in [5.41, 5.74) is 2.11. The molecule has 2 amide bonds. The highest BCUT2D eigenvalue weighted by Gasteiger charge is 2.11. The highest BCUT2D eigenvalue weighted by Crippen LogP contribution is 2.29. The smallest absolute Gasteiger partial charge is 0.257 e. The van der Waals surface area contributed by atoms with Gasteiger partial charge in [0.2, 0.25) is 11.0 Å². The second-order valence-electron chi connectivity index (χ2n) is 5.50. The topological polar surface area (TPSA) is 84.0 Å². The number of nitrogens with one attached hydrogen (secondary N) is 2. The predicted molar refractivity (Wildman–Crippen MR) is 110 cm³/mol. The molecule has 0 spiro atoms. The van der Waals surface area contributed by atoms with Gasteiger partial charge in [-0.05, 0) is 35.9 Å². The standard InChI is InChI=1S/C18H15ClN4O2S2/c1-11(24)20-15-4-2-3-13(9-15)16(25)21-17-22-23-18(27-17)26-10-12-5-7-14(19)8-6-12/h2-9H,10H2,1H3,(H,20,24)(H,21,22,25). The van der Waals surface area contributed by atoms with Crippen molar-refractivity contribution in [1.29, 1.82) is 0 Å². The van der Waals surface area contributed by atoms with Gasteiger partial charge in [0.1, 0.15) is 0 Å². The van der Waals surface area contributed by atoms with E-state index >= 15 is 0 Å². The lowest BCUT2D eigenvalue weighted by Crippen LogP contribution is -2.13. The number of halogens is 1. The minimum atomic E-state index is -0.312. The van der Waals surface area contributed by atoms with Gasteiger partial charge in [-0.15, -0.1) is 10.2 Å². The number of nitrogens with zero attached hydrogens (tertiary/aromatic N) is 2. The van der Waals surface area contributed by atoms with Crippen LogP contribution in [0.25, 0.3) is 0 Å². The maximum Gasteiger partial charge on any atom is 0.257 e. The van der Waals surface area contributed by atoms with E-state index in [1.165, 1.54) is 30.0 Å². The molecule has 0 aliphatic rings. The van der Waals surface area contributed by atoms with Crippen LogP contribution in [-0.4, -0.2) is 22.0 Å². The van der Waals surface area contributed by atoms with Crippen molar-refractivity contribution >= 4 is 57.3 Å². The summed E-state index contributed by atoms with van der Waals surface area (Å²) in [5.74, 6) is 0.227. The van der Waals surface area contributed by atoms with Gasteiger partial charge in [0, 0.05) is 29.0 Å². The second-order valence-corrected chi connectivity index (χ2v) is 8.14. The zero-order valence-electron chi connectivity index (χ0n) is 14.2. The summed E-state index contributed by atoms with van der Waals surface area (Å²) in [6.07, 6.45) is 0. The number of hydrogen-bond donors (Lipinski definition) is 2. The number of carbonyl (C=O) groups excluding carboxylic acids is 2. The van der Waals surface area contributed by atoms with E-state index < -0.39 is 0 Å². The molecule has 3 rings (SSSR count). The third-order valence-electron chi connectivity index (χ3n) is 3.35. The Hall–Kier alpha value is -2.42. The average molecular weight is 419 g/mol. The van der Waals surface area contributed by atoms with Gasteiger partial charge in [-0.2, -0.15) is 0 Å². The van der Waals surface area contributed by atoms with Crippen molar-refractivity contribution in [3.8, 4) is 0 Å². The van der Waals surface area contributed by atoms with Gasteiger partial charge in [-0.1, -0.05) is 52.9 Å².